The van der Waals surface area contributed by atoms with Gasteiger partial charge in [-0.15, -0.1) is 0 Å². The molecule has 1 N–H and O–H groups in total. The summed E-state index contributed by atoms with van der Waals surface area (Å²) >= 11 is 0. The van der Waals surface area contributed by atoms with E-state index in [0.29, 0.717) is 29.9 Å². The monoisotopic (exact) mass is 385 g/mol. The normalized spacial score (nSPS) is 24.0. The third-order valence-electron chi connectivity index (χ3n) is 5.70. The van der Waals surface area contributed by atoms with Gasteiger partial charge in [-0.05, 0) is 62.1 Å². The van der Waals surface area contributed by atoms with Crippen molar-refractivity contribution in [2.24, 2.45) is 5.92 Å². The minimum atomic E-state index is -3.61. The van der Waals surface area contributed by atoms with Crippen LogP contribution in [0.4, 0.5) is 0 Å². The molecule has 6 heteroatoms. The number of piperidine rings is 1. The fraction of sp³-hybridized carbons (Fsp3) is 0.429. The van der Waals surface area contributed by atoms with E-state index >= 15 is 0 Å². The van der Waals surface area contributed by atoms with Crippen molar-refractivity contribution in [2.75, 3.05) is 19.7 Å². The highest BCUT2D eigenvalue weighted by atomic mass is 32.2. The molecular weight excluding hydrogens is 362 g/mol. The summed E-state index contributed by atoms with van der Waals surface area (Å²) in [6, 6.07) is 12.1. The lowest BCUT2D eigenvalue weighted by Gasteiger charge is -2.24. The molecule has 2 aromatic rings. The van der Waals surface area contributed by atoms with Crippen molar-refractivity contribution in [2.45, 2.75) is 41.1 Å². The summed E-state index contributed by atoms with van der Waals surface area (Å²) in [4.78, 5) is 0.528. The molecule has 0 spiro atoms. The van der Waals surface area contributed by atoms with Crippen LogP contribution in [0.3, 0.4) is 0 Å². The number of benzene rings is 2. The Morgan fingerprint density at radius 1 is 1.07 bits per heavy atom. The van der Waals surface area contributed by atoms with Crippen LogP contribution in [-0.2, 0) is 9.84 Å². The second-order valence-electron chi connectivity index (χ2n) is 7.69. The van der Waals surface area contributed by atoms with E-state index < -0.39 is 9.84 Å². The van der Waals surface area contributed by atoms with Gasteiger partial charge in [0.1, 0.15) is 17.6 Å². The van der Waals surface area contributed by atoms with Gasteiger partial charge in [0.25, 0.3) is 0 Å². The summed E-state index contributed by atoms with van der Waals surface area (Å²) in [5, 5.41) is 3.34. The van der Waals surface area contributed by atoms with Gasteiger partial charge in [-0.3, -0.25) is 0 Å². The first kappa shape index (κ1) is 17.1. The molecule has 27 heavy (non-hydrogen) atoms. The first-order chi connectivity index (χ1) is 13.1. The van der Waals surface area contributed by atoms with Crippen LogP contribution in [0.15, 0.2) is 52.3 Å². The van der Waals surface area contributed by atoms with Crippen LogP contribution in [0, 0.1) is 5.92 Å². The van der Waals surface area contributed by atoms with Gasteiger partial charge in [-0.25, -0.2) is 8.42 Å². The Morgan fingerprint density at radius 3 is 2.78 bits per heavy atom. The Labute approximate surface area is 159 Å². The summed E-state index contributed by atoms with van der Waals surface area (Å²) in [6.45, 7) is 2.44. The summed E-state index contributed by atoms with van der Waals surface area (Å²) in [7, 11) is -3.61. The predicted molar refractivity (Wildman–Crippen MR) is 101 cm³/mol. The molecule has 2 aromatic carbocycles. The van der Waals surface area contributed by atoms with E-state index in [-0.39, 0.29) is 15.9 Å². The topological polar surface area (TPSA) is 64.6 Å². The predicted octanol–water partition coefficient (Wildman–Crippen LogP) is 3.15. The van der Waals surface area contributed by atoms with Crippen LogP contribution in [0.2, 0.25) is 0 Å². The first-order valence-electron chi connectivity index (χ1n) is 9.60. The Morgan fingerprint density at radius 2 is 1.93 bits per heavy atom. The number of rotatable bonds is 5. The van der Waals surface area contributed by atoms with Crippen molar-refractivity contribution in [3.63, 3.8) is 0 Å². The van der Waals surface area contributed by atoms with Crippen molar-refractivity contribution in [1.29, 1.82) is 0 Å². The zero-order valence-electron chi connectivity index (χ0n) is 15.1. The van der Waals surface area contributed by atoms with Crippen molar-refractivity contribution < 1.29 is 17.9 Å². The fourth-order valence-electron chi connectivity index (χ4n) is 3.93. The molecule has 2 aliphatic heterocycles. The molecule has 0 amide bonds. The van der Waals surface area contributed by atoms with Gasteiger partial charge in [0.15, 0.2) is 0 Å². The number of sulfone groups is 1. The number of hydrogen-bond donors (Lipinski definition) is 1. The van der Waals surface area contributed by atoms with E-state index in [9.17, 15) is 8.42 Å². The Bertz CT molecular complexity index is 968. The number of ether oxygens (including phenoxy) is 2. The van der Waals surface area contributed by atoms with Crippen LogP contribution < -0.4 is 14.8 Å². The molecule has 1 saturated heterocycles. The Balaban J connectivity index is 1.43. The molecule has 142 valence electrons. The highest BCUT2D eigenvalue weighted by Gasteiger charge is 2.36. The van der Waals surface area contributed by atoms with E-state index in [2.05, 4.69) is 5.32 Å². The Kier molecular flexibility index (Phi) is 4.13. The zero-order chi connectivity index (χ0) is 18.4. The first-order valence-corrected chi connectivity index (χ1v) is 11.1. The van der Waals surface area contributed by atoms with E-state index in [0.717, 1.165) is 25.1 Å². The minimum Gasteiger partial charge on any atom is -0.493 e. The molecule has 1 aliphatic carbocycles. The van der Waals surface area contributed by atoms with Crippen LogP contribution in [0.25, 0.3) is 0 Å². The fourth-order valence-corrected chi connectivity index (χ4v) is 5.24. The lowest BCUT2D eigenvalue weighted by molar-refractivity contribution is 0.176. The molecule has 2 heterocycles. The van der Waals surface area contributed by atoms with Crippen LogP contribution >= 0.6 is 0 Å². The largest absolute Gasteiger partial charge is 0.493 e. The van der Waals surface area contributed by atoms with Gasteiger partial charge in [0, 0.05) is 18.0 Å². The lowest BCUT2D eigenvalue weighted by atomic mass is 9.90. The van der Waals surface area contributed by atoms with Crippen molar-refractivity contribution in [3.8, 4) is 11.5 Å². The molecule has 2 unspecified atom stereocenters. The second kappa shape index (κ2) is 6.53. The van der Waals surface area contributed by atoms with Gasteiger partial charge in [0.05, 0.1) is 16.4 Å². The lowest BCUT2D eigenvalue weighted by Crippen LogP contribution is -2.39. The summed E-state index contributed by atoms with van der Waals surface area (Å²) in [5.74, 6) is 2.29. The van der Waals surface area contributed by atoms with Gasteiger partial charge in [-0.1, -0.05) is 12.1 Å². The maximum absolute atomic E-state index is 13.1. The third-order valence-corrected chi connectivity index (χ3v) is 7.45. The van der Waals surface area contributed by atoms with Gasteiger partial charge in [0.2, 0.25) is 9.84 Å². The molecule has 5 rings (SSSR count). The van der Waals surface area contributed by atoms with Gasteiger partial charge < -0.3 is 14.8 Å². The average Bonchev–Trinajstić information content (AvgIpc) is 3.45. The maximum atomic E-state index is 13.1. The van der Waals surface area contributed by atoms with Gasteiger partial charge >= 0.3 is 0 Å². The van der Waals surface area contributed by atoms with Crippen molar-refractivity contribution >= 4 is 9.84 Å². The average molecular weight is 385 g/mol. The van der Waals surface area contributed by atoms with E-state index in [1.165, 1.54) is 12.8 Å². The highest BCUT2D eigenvalue weighted by molar-refractivity contribution is 7.91. The van der Waals surface area contributed by atoms with Crippen LogP contribution in [0.5, 0.6) is 11.5 Å². The molecule has 0 bridgehead atoms. The molecule has 1 saturated carbocycles. The minimum absolute atomic E-state index is 0.103. The standard InChI is InChI=1S/C21H23NO4S/c23-27(24,16-3-1-2-15(10-16)25-13-14-4-5-14)17-6-7-18-19-8-9-22-12-21(19)26-20(18)11-17/h1-3,6-7,10-11,14,19,21-22H,4-5,8-9,12-13H2. The number of fused-ring (bicyclic) bond motifs is 3. The van der Waals surface area contributed by atoms with Crippen LogP contribution in [0.1, 0.15) is 30.7 Å². The smallest absolute Gasteiger partial charge is 0.206 e. The van der Waals surface area contributed by atoms with E-state index in [1.807, 2.05) is 12.1 Å². The molecule has 0 radical (unpaired) electrons. The number of nitrogens with one attached hydrogen (secondary N) is 1. The molecule has 3 aliphatic rings. The third kappa shape index (κ3) is 3.21. The zero-order valence-corrected chi connectivity index (χ0v) is 15.9. The van der Waals surface area contributed by atoms with Crippen molar-refractivity contribution in [1.82, 2.24) is 5.32 Å². The van der Waals surface area contributed by atoms with Crippen molar-refractivity contribution in [3.05, 3.63) is 48.0 Å². The Hall–Kier alpha value is -2.05. The summed E-state index contributed by atoms with van der Waals surface area (Å²) in [6.07, 6.45) is 3.52. The maximum Gasteiger partial charge on any atom is 0.206 e. The summed E-state index contributed by atoms with van der Waals surface area (Å²) in [5.41, 5.74) is 1.13. The van der Waals surface area contributed by atoms with E-state index in [4.69, 9.17) is 9.47 Å². The van der Waals surface area contributed by atoms with Gasteiger partial charge in [-0.2, -0.15) is 0 Å². The molecular formula is C21H23NO4S. The second-order valence-corrected chi connectivity index (χ2v) is 9.64. The quantitative estimate of drug-likeness (QED) is 0.857. The SMILES string of the molecule is O=S(=O)(c1cccc(OCC2CC2)c1)c1ccc2c(c1)OC1CNCCC21. The molecule has 0 aromatic heterocycles. The summed E-state index contributed by atoms with van der Waals surface area (Å²) < 4.78 is 38.0. The van der Waals surface area contributed by atoms with Crippen LogP contribution in [-0.4, -0.2) is 34.2 Å². The number of hydrogen-bond acceptors (Lipinski definition) is 5. The molecule has 2 fully saturated rings. The molecule has 2 atom stereocenters. The molecule has 5 nitrogen and oxygen atoms in total. The van der Waals surface area contributed by atoms with E-state index in [1.54, 1.807) is 30.3 Å². The highest BCUT2D eigenvalue weighted by Crippen LogP contribution is 2.42.